The Morgan fingerprint density at radius 3 is 3.11 bits per heavy atom. The monoisotopic (exact) mass is 250 g/mol. The summed E-state index contributed by atoms with van der Waals surface area (Å²) in [5.74, 6) is 0. The van der Waals surface area contributed by atoms with Crippen molar-refractivity contribution in [2.24, 2.45) is 0 Å². The summed E-state index contributed by atoms with van der Waals surface area (Å²) in [4.78, 5) is 6.43. The van der Waals surface area contributed by atoms with Gasteiger partial charge in [-0.15, -0.1) is 0 Å². The summed E-state index contributed by atoms with van der Waals surface area (Å²) in [5.41, 5.74) is 4.06. The molecule has 1 N–H and O–H groups in total. The number of hydrogen-bond donors (Lipinski definition) is 1. The molecule has 2 heterocycles. The van der Waals surface area contributed by atoms with Crippen molar-refractivity contribution in [1.82, 2.24) is 4.98 Å². The van der Waals surface area contributed by atoms with E-state index in [-0.39, 0.29) is 0 Å². The Morgan fingerprint density at radius 1 is 1.37 bits per heavy atom. The van der Waals surface area contributed by atoms with E-state index in [1.54, 1.807) is 6.20 Å². The zero-order valence-corrected chi connectivity index (χ0v) is 10.5. The average Bonchev–Trinajstić information content (AvgIpc) is 2.48. The lowest BCUT2D eigenvalue weighted by Crippen LogP contribution is -2.33. The maximum atomic E-state index is 9.02. The summed E-state index contributed by atoms with van der Waals surface area (Å²) in [6.45, 7) is 2.66. The largest absolute Gasteiger partial charge is 0.382 e. The number of rotatable bonds is 2. The minimum Gasteiger partial charge on any atom is -0.382 e. The van der Waals surface area contributed by atoms with E-state index < -0.39 is 0 Å². The molecule has 19 heavy (non-hydrogen) atoms. The van der Waals surface area contributed by atoms with Crippen LogP contribution in [0.1, 0.15) is 11.1 Å². The third-order valence-corrected chi connectivity index (χ3v) is 3.26. The summed E-state index contributed by atoms with van der Waals surface area (Å²) in [7, 11) is 0. The lowest BCUT2D eigenvalue weighted by atomic mass is 10.1. The third-order valence-electron chi connectivity index (χ3n) is 3.26. The Hall–Kier alpha value is -2.54. The van der Waals surface area contributed by atoms with E-state index >= 15 is 0 Å². The van der Waals surface area contributed by atoms with E-state index in [2.05, 4.69) is 27.3 Å². The van der Waals surface area contributed by atoms with E-state index in [1.807, 2.05) is 30.5 Å². The maximum absolute atomic E-state index is 9.02. The Balaban J connectivity index is 1.91. The van der Waals surface area contributed by atoms with Crippen molar-refractivity contribution in [3.05, 3.63) is 53.9 Å². The molecule has 0 atom stereocenters. The summed E-state index contributed by atoms with van der Waals surface area (Å²) in [6, 6.07) is 12.0. The molecule has 1 aromatic heterocycles. The predicted molar refractivity (Wildman–Crippen MR) is 74.9 cm³/mol. The molecular formula is C15H14N4. The first-order valence-corrected chi connectivity index (χ1v) is 6.29. The number of pyridine rings is 1. The van der Waals surface area contributed by atoms with Crippen molar-refractivity contribution in [3.63, 3.8) is 0 Å². The molecule has 0 aliphatic carbocycles. The highest BCUT2D eigenvalue weighted by Gasteiger charge is 2.17. The molecular weight excluding hydrogens is 236 g/mol. The van der Waals surface area contributed by atoms with Crippen LogP contribution in [-0.2, 0) is 6.54 Å². The van der Waals surface area contributed by atoms with Gasteiger partial charge in [0.15, 0.2) is 0 Å². The van der Waals surface area contributed by atoms with Crippen LogP contribution in [-0.4, -0.2) is 18.1 Å². The molecule has 0 unspecified atom stereocenters. The van der Waals surface area contributed by atoms with Gasteiger partial charge in [0.2, 0.25) is 0 Å². The summed E-state index contributed by atoms with van der Waals surface area (Å²) >= 11 is 0. The first-order valence-electron chi connectivity index (χ1n) is 6.29. The number of nitriles is 1. The molecule has 2 aromatic rings. The van der Waals surface area contributed by atoms with E-state index in [1.165, 1.54) is 5.56 Å². The molecule has 0 radical (unpaired) electrons. The molecule has 1 aliphatic heterocycles. The highest BCUT2D eigenvalue weighted by molar-refractivity contribution is 5.73. The molecule has 0 saturated carbocycles. The Kier molecular flexibility index (Phi) is 3.03. The van der Waals surface area contributed by atoms with Crippen LogP contribution in [0.2, 0.25) is 0 Å². The minimum absolute atomic E-state index is 0.693. The Morgan fingerprint density at radius 2 is 2.32 bits per heavy atom. The summed E-state index contributed by atoms with van der Waals surface area (Å²) in [6.07, 6.45) is 3.67. The topological polar surface area (TPSA) is 52.0 Å². The molecule has 1 aliphatic rings. The lowest BCUT2D eigenvalue weighted by molar-refractivity contribution is 0.784. The minimum atomic E-state index is 0.693. The summed E-state index contributed by atoms with van der Waals surface area (Å²) < 4.78 is 0. The first-order chi connectivity index (χ1) is 9.36. The molecule has 0 spiro atoms. The number of nitrogens with zero attached hydrogens (tertiary/aromatic N) is 3. The quantitative estimate of drug-likeness (QED) is 0.889. The van der Waals surface area contributed by atoms with Crippen LogP contribution >= 0.6 is 0 Å². The zero-order valence-electron chi connectivity index (χ0n) is 10.5. The number of aromatic nitrogens is 1. The molecule has 4 heteroatoms. The van der Waals surface area contributed by atoms with Gasteiger partial charge in [-0.1, -0.05) is 6.07 Å². The van der Waals surface area contributed by atoms with Gasteiger partial charge >= 0.3 is 0 Å². The first kappa shape index (κ1) is 11.5. The standard InChI is InChI=1S/C15H14N4/c16-9-12-3-4-14-15(8-12)19(7-6-18-14)11-13-2-1-5-17-10-13/h1-5,8,10,18H,6-7,11H2. The van der Waals surface area contributed by atoms with Crippen molar-refractivity contribution in [2.75, 3.05) is 23.3 Å². The van der Waals surface area contributed by atoms with Crippen LogP contribution < -0.4 is 10.2 Å². The molecule has 0 fully saturated rings. The van der Waals surface area contributed by atoms with Gasteiger partial charge in [-0.2, -0.15) is 5.26 Å². The van der Waals surface area contributed by atoms with Gasteiger partial charge in [-0.05, 0) is 29.8 Å². The molecule has 1 aromatic carbocycles. The Bertz CT molecular complexity index is 616. The lowest BCUT2D eigenvalue weighted by Gasteiger charge is -2.32. The Labute approximate surface area is 112 Å². The van der Waals surface area contributed by atoms with Crippen LogP contribution in [0.5, 0.6) is 0 Å². The SMILES string of the molecule is N#Cc1ccc2c(c1)N(Cc1cccnc1)CCN2. The van der Waals surface area contributed by atoms with E-state index in [0.717, 1.165) is 31.0 Å². The van der Waals surface area contributed by atoms with Crippen molar-refractivity contribution in [3.8, 4) is 6.07 Å². The molecule has 3 rings (SSSR count). The second-order valence-electron chi connectivity index (χ2n) is 4.55. The fourth-order valence-corrected chi connectivity index (χ4v) is 2.33. The fourth-order valence-electron chi connectivity index (χ4n) is 2.33. The highest BCUT2D eigenvalue weighted by atomic mass is 15.2. The highest BCUT2D eigenvalue weighted by Crippen LogP contribution is 2.30. The second-order valence-corrected chi connectivity index (χ2v) is 4.55. The van der Waals surface area contributed by atoms with Gasteiger partial charge in [-0.3, -0.25) is 4.98 Å². The number of fused-ring (bicyclic) bond motifs is 1. The number of benzene rings is 1. The van der Waals surface area contributed by atoms with Gasteiger partial charge in [0.25, 0.3) is 0 Å². The second kappa shape index (κ2) is 4.99. The van der Waals surface area contributed by atoms with Gasteiger partial charge in [0.05, 0.1) is 23.0 Å². The van der Waals surface area contributed by atoms with Crippen LogP contribution in [0.15, 0.2) is 42.7 Å². The van der Waals surface area contributed by atoms with Gasteiger partial charge in [0, 0.05) is 32.0 Å². The molecule has 0 amide bonds. The van der Waals surface area contributed by atoms with Crippen LogP contribution in [0.3, 0.4) is 0 Å². The van der Waals surface area contributed by atoms with Crippen molar-refractivity contribution < 1.29 is 0 Å². The van der Waals surface area contributed by atoms with E-state index in [0.29, 0.717) is 5.56 Å². The molecule has 94 valence electrons. The summed E-state index contributed by atoms with van der Waals surface area (Å²) in [5, 5.41) is 12.4. The van der Waals surface area contributed by atoms with E-state index in [4.69, 9.17) is 5.26 Å². The average molecular weight is 250 g/mol. The predicted octanol–water partition coefficient (Wildman–Crippen LogP) is 2.39. The number of hydrogen-bond acceptors (Lipinski definition) is 4. The number of nitrogens with one attached hydrogen (secondary N) is 1. The number of anilines is 2. The van der Waals surface area contributed by atoms with Crippen LogP contribution in [0.4, 0.5) is 11.4 Å². The van der Waals surface area contributed by atoms with E-state index in [9.17, 15) is 0 Å². The third kappa shape index (κ3) is 2.36. The molecule has 0 bridgehead atoms. The van der Waals surface area contributed by atoms with Gasteiger partial charge in [0.1, 0.15) is 0 Å². The normalized spacial score (nSPS) is 13.3. The fraction of sp³-hybridized carbons (Fsp3) is 0.200. The van der Waals surface area contributed by atoms with Crippen molar-refractivity contribution >= 4 is 11.4 Å². The van der Waals surface area contributed by atoms with Crippen molar-refractivity contribution in [1.29, 1.82) is 5.26 Å². The molecule has 4 nitrogen and oxygen atoms in total. The van der Waals surface area contributed by atoms with Gasteiger partial charge < -0.3 is 10.2 Å². The molecule has 0 saturated heterocycles. The van der Waals surface area contributed by atoms with Crippen molar-refractivity contribution in [2.45, 2.75) is 6.54 Å². The maximum Gasteiger partial charge on any atom is 0.0992 e. The van der Waals surface area contributed by atoms with Gasteiger partial charge in [-0.25, -0.2) is 0 Å². The smallest absolute Gasteiger partial charge is 0.0992 e. The van der Waals surface area contributed by atoms with Crippen LogP contribution in [0, 0.1) is 11.3 Å². The zero-order chi connectivity index (χ0) is 13.1. The van der Waals surface area contributed by atoms with Crippen LogP contribution in [0.25, 0.3) is 0 Å².